The number of rotatable bonds is 6. The zero-order valence-electron chi connectivity index (χ0n) is 12.0. The number of aliphatic hydroxyl groups excluding tert-OH is 1. The number of aliphatic hydroxyl groups is 1. The highest BCUT2D eigenvalue weighted by molar-refractivity contribution is 9.10. The normalized spacial score (nSPS) is 17.2. The first kappa shape index (κ1) is 15.6. The van der Waals surface area contributed by atoms with Gasteiger partial charge in [0.25, 0.3) is 0 Å². The maximum absolute atomic E-state index is 9.63. The van der Waals surface area contributed by atoms with Gasteiger partial charge in [0.1, 0.15) is 0 Å². The van der Waals surface area contributed by atoms with Crippen molar-refractivity contribution in [3.05, 3.63) is 22.2 Å². The Hall–Kier alpha value is -0.780. The quantitative estimate of drug-likeness (QED) is 0.833. The van der Waals surface area contributed by atoms with Crippen molar-refractivity contribution < 1.29 is 14.6 Å². The molecule has 0 saturated heterocycles. The summed E-state index contributed by atoms with van der Waals surface area (Å²) in [7, 11) is 3.26. The van der Waals surface area contributed by atoms with E-state index in [2.05, 4.69) is 21.2 Å². The van der Waals surface area contributed by atoms with Crippen LogP contribution >= 0.6 is 15.9 Å². The summed E-state index contributed by atoms with van der Waals surface area (Å²) in [5.41, 5.74) is 0.981. The molecule has 2 rings (SSSR count). The summed E-state index contributed by atoms with van der Waals surface area (Å²) < 4.78 is 11.6. The van der Waals surface area contributed by atoms with Gasteiger partial charge in [-0.05, 0) is 30.5 Å². The van der Waals surface area contributed by atoms with E-state index < -0.39 is 0 Å². The monoisotopic (exact) mass is 343 g/mol. The summed E-state index contributed by atoms with van der Waals surface area (Å²) in [5.74, 6) is 1.43. The van der Waals surface area contributed by atoms with E-state index in [0.717, 1.165) is 28.6 Å². The van der Waals surface area contributed by atoms with Gasteiger partial charge < -0.3 is 19.9 Å². The molecular weight excluding hydrogens is 322 g/mol. The minimum atomic E-state index is -0.118. The topological polar surface area (TPSA) is 50.7 Å². The van der Waals surface area contributed by atoms with Gasteiger partial charge in [-0.2, -0.15) is 0 Å². The Bertz CT molecular complexity index is 459. The summed E-state index contributed by atoms with van der Waals surface area (Å²) in [6, 6.07) is 3.88. The Morgan fingerprint density at radius 3 is 2.35 bits per heavy atom. The molecule has 1 aromatic carbocycles. The summed E-state index contributed by atoms with van der Waals surface area (Å²) in [5, 5.41) is 13.1. The van der Waals surface area contributed by atoms with Crippen LogP contribution in [0.1, 0.15) is 31.2 Å². The SMILES string of the molecule is COc1cc(Br)c(CNC2(CO)CCCC2)cc1OC. The third-order valence-corrected chi connectivity index (χ3v) is 4.81. The van der Waals surface area contributed by atoms with E-state index >= 15 is 0 Å². The second-order valence-electron chi connectivity index (χ2n) is 5.30. The Morgan fingerprint density at radius 2 is 1.80 bits per heavy atom. The van der Waals surface area contributed by atoms with Crippen LogP contribution in [0.2, 0.25) is 0 Å². The Kier molecular flexibility index (Phi) is 5.29. The molecule has 0 spiro atoms. The van der Waals surface area contributed by atoms with Crippen LogP contribution in [0.5, 0.6) is 11.5 Å². The van der Waals surface area contributed by atoms with Crippen LogP contribution in [0, 0.1) is 0 Å². The molecule has 1 fully saturated rings. The van der Waals surface area contributed by atoms with Gasteiger partial charge in [0.2, 0.25) is 0 Å². The molecule has 2 N–H and O–H groups in total. The van der Waals surface area contributed by atoms with Crippen LogP contribution in [0.15, 0.2) is 16.6 Å². The highest BCUT2D eigenvalue weighted by Crippen LogP contribution is 2.34. The summed E-state index contributed by atoms with van der Waals surface area (Å²) >= 11 is 3.56. The fraction of sp³-hybridized carbons (Fsp3) is 0.600. The molecular formula is C15H22BrNO3. The molecule has 0 radical (unpaired) electrons. The van der Waals surface area contributed by atoms with E-state index in [4.69, 9.17) is 9.47 Å². The first-order valence-electron chi connectivity index (χ1n) is 6.90. The highest BCUT2D eigenvalue weighted by atomic mass is 79.9. The van der Waals surface area contributed by atoms with Crippen LogP contribution < -0.4 is 14.8 Å². The Balaban J connectivity index is 2.13. The zero-order chi connectivity index (χ0) is 14.6. The number of hydrogen-bond donors (Lipinski definition) is 2. The molecule has 1 aliphatic rings. The lowest BCUT2D eigenvalue weighted by molar-refractivity contribution is 0.163. The van der Waals surface area contributed by atoms with Crippen LogP contribution in [-0.2, 0) is 6.54 Å². The summed E-state index contributed by atoms with van der Waals surface area (Å²) in [6.07, 6.45) is 4.43. The molecule has 0 bridgehead atoms. The molecule has 0 unspecified atom stereocenters. The maximum atomic E-state index is 9.63. The van der Waals surface area contributed by atoms with Crippen molar-refractivity contribution in [2.24, 2.45) is 0 Å². The first-order valence-corrected chi connectivity index (χ1v) is 7.70. The Morgan fingerprint density at radius 1 is 1.20 bits per heavy atom. The predicted molar refractivity (Wildman–Crippen MR) is 82.4 cm³/mol. The second kappa shape index (κ2) is 6.78. The number of ether oxygens (including phenoxy) is 2. The molecule has 20 heavy (non-hydrogen) atoms. The van der Waals surface area contributed by atoms with Crippen molar-refractivity contribution in [3.63, 3.8) is 0 Å². The molecule has 0 amide bonds. The van der Waals surface area contributed by atoms with Crippen LogP contribution in [0.25, 0.3) is 0 Å². The molecule has 1 aromatic rings. The van der Waals surface area contributed by atoms with Crippen molar-refractivity contribution in [1.29, 1.82) is 0 Å². The highest BCUT2D eigenvalue weighted by Gasteiger charge is 2.32. The standard InChI is InChI=1S/C15H22BrNO3/c1-19-13-7-11(12(16)8-14(13)20-2)9-17-15(10-18)5-3-4-6-15/h7-8,17-18H,3-6,9-10H2,1-2H3. The fourth-order valence-corrected chi connectivity index (χ4v) is 3.22. The second-order valence-corrected chi connectivity index (χ2v) is 6.15. The molecule has 0 atom stereocenters. The molecule has 5 heteroatoms. The maximum Gasteiger partial charge on any atom is 0.161 e. The molecule has 112 valence electrons. The summed E-state index contributed by atoms with van der Waals surface area (Å²) in [6.45, 7) is 0.888. The van der Waals surface area contributed by atoms with Crippen LogP contribution in [0.3, 0.4) is 0 Å². The first-order chi connectivity index (χ1) is 9.64. The molecule has 0 aromatic heterocycles. The molecule has 4 nitrogen and oxygen atoms in total. The predicted octanol–water partition coefficient (Wildman–Crippen LogP) is 2.86. The van der Waals surface area contributed by atoms with Crippen LogP contribution in [0.4, 0.5) is 0 Å². The van der Waals surface area contributed by atoms with E-state index in [-0.39, 0.29) is 12.1 Å². The molecule has 0 aliphatic heterocycles. The molecule has 1 saturated carbocycles. The van der Waals surface area contributed by atoms with E-state index in [1.807, 2.05) is 12.1 Å². The van der Waals surface area contributed by atoms with E-state index in [1.54, 1.807) is 14.2 Å². The van der Waals surface area contributed by atoms with Crippen molar-refractivity contribution in [2.75, 3.05) is 20.8 Å². The number of hydrogen-bond acceptors (Lipinski definition) is 4. The van der Waals surface area contributed by atoms with E-state index in [1.165, 1.54) is 12.8 Å². The van der Waals surface area contributed by atoms with Gasteiger partial charge >= 0.3 is 0 Å². The number of methoxy groups -OCH3 is 2. The summed E-state index contributed by atoms with van der Waals surface area (Å²) in [4.78, 5) is 0. The van der Waals surface area contributed by atoms with Gasteiger partial charge in [-0.25, -0.2) is 0 Å². The van der Waals surface area contributed by atoms with Gasteiger partial charge in [-0.3, -0.25) is 0 Å². The molecule has 0 heterocycles. The van der Waals surface area contributed by atoms with Crippen molar-refractivity contribution >= 4 is 15.9 Å². The third kappa shape index (κ3) is 3.27. The van der Waals surface area contributed by atoms with Gasteiger partial charge in [0.05, 0.1) is 20.8 Å². The van der Waals surface area contributed by atoms with Gasteiger partial charge in [0.15, 0.2) is 11.5 Å². The number of benzene rings is 1. The number of nitrogens with one attached hydrogen (secondary N) is 1. The average molecular weight is 344 g/mol. The van der Waals surface area contributed by atoms with Crippen molar-refractivity contribution in [1.82, 2.24) is 5.32 Å². The Labute approximate surface area is 128 Å². The largest absolute Gasteiger partial charge is 0.493 e. The minimum Gasteiger partial charge on any atom is -0.493 e. The smallest absolute Gasteiger partial charge is 0.161 e. The van der Waals surface area contributed by atoms with Gasteiger partial charge in [-0.1, -0.05) is 28.8 Å². The molecule has 1 aliphatic carbocycles. The lowest BCUT2D eigenvalue weighted by Gasteiger charge is -2.28. The zero-order valence-corrected chi connectivity index (χ0v) is 13.6. The van der Waals surface area contributed by atoms with Crippen molar-refractivity contribution in [2.45, 2.75) is 37.8 Å². The third-order valence-electron chi connectivity index (χ3n) is 4.07. The van der Waals surface area contributed by atoms with Gasteiger partial charge in [-0.15, -0.1) is 0 Å². The lowest BCUT2D eigenvalue weighted by Crippen LogP contribution is -2.45. The fourth-order valence-electron chi connectivity index (χ4n) is 2.76. The number of halogens is 1. The minimum absolute atomic E-state index is 0.118. The van der Waals surface area contributed by atoms with Crippen LogP contribution in [-0.4, -0.2) is 31.5 Å². The van der Waals surface area contributed by atoms with Gasteiger partial charge in [0, 0.05) is 16.6 Å². The van der Waals surface area contributed by atoms with Crippen molar-refractivity contribution in [3.8, 4) is 11.5 Å². The average Bonchev–Trinajstić information content (AvgIpc) is 2.95. The lowest BCUT2D eigenvalue weighted by atomic mass is 9.98. The van der Waals surface area contributed by atoms with E-state index in [9.17, 15) is 5.11 Å². The van der Waals surface area contributed by atoms with E-state index in [0.29, 0.717) is 12.3 Å².